The number of nitrogens with one attached hydrogen (secondary N) is 2. The molecule has 0 aliphatic heterocycles. The molecule has 0 radical (unpaired) electrons. The summed E-state index contributed by atoms with van der Waals surface area (Å²) in [4.78, 5) is 40.7. The van der Waals surface area contributed by atoms with Gasteiger partial charge in [-0.05, 0) is 54.3 Å². The van der Waals surface area contributed by atoms with Crippen molar-refractivity contribution in [3.05, 3.63) is 91.8 Å². The van der Waals surface area contributed by atoms with Crippen LogP contribution in [0.2, 0.25) is 0 Å². The molecule has 7 heteroatoms. The molecule has 0 fully saturated rings. The summed E-state index contributed by atoms with van der Waals surface area (Å²) in [6.45, 7) is 0. The van der Waals surface area contributed by atoms with Crippen molar-refractivity contribution in [2.24, 2.45) is 0 Å². The second-order valence-electron chi connectivity index (χ2n) is 7.17. The number of anilines is 1. The van der Waals surface area contributed by atoms with E-state index in [-0.39, 0.29) is 17.3 Å². The van der Waals surface area contributed by atoms with Crippen LogP contribution >= 0.6 is 15.9 Å². The largest absolute Gasteiger partial charge is 0.497 e. The standard InChI is InChI=1S/C23H19BrN2O4/c1-30-17-7-5-13(6-8-17)14-9-20-18(21(27)10-14)12-19(23(29)26-20)22(28)25-16-4-2-3-15(24)11-16/h2-8,11-12,14H,9-10H2,1H3,(H,25,28)(H,26,29)/t14-/m0/s1. The lowest BCUT2D eigenvalue weighted by atomic mass is 9.81. The molecule has 1 heterocycles. The third-order valence-corrected chi connectivity index (χ3v) is 5.71. The van der Waals surface area contributed by atoms with E-state index in [4.69, 9.17) is 4.74 Å². The number of halogens is 1. The summed E-state index contributed by atoms with van der Waals surface area (Å²) in [5.41, 5.74) is 1.94. The molecule has 3 aromatic rings. The van der Waals surface area contributed by atoms with Crippen molar-refractivity contribution in [1.29, 1.82) is 0 Å². The first-order valence-corrected chi connectivity index (χ1v) is 10.2. The molecule has 1 aliphatic carbocycles. The second-order valence-corrected chi connectivity index (χ2v) is 8.09. The van der Waals surface area contributed by atoms with E-state index in [2.05, 4.69) is 26.2 Å². The number of ether oxygens (including phenoxy) is 1. The van der Waals surface area contributed by atoms with E-state index >= 15 is 0 Å². The molecule has 1 aliphatic rings. The quantitative estimate of drug-likeness (QED) is 0.599. The van der Waals surface area contributed by atoms with Gasteiger partial charge >= 0.3 is 0 Å². The van der Waals surface area contributed by atoms with Crippen molar-refractivity contribution in [2.75, 3.05) is 12.4 Å². The summed E-state index contributed by atoms with van der Waals surface area (Å²) in [6.07, 6.45) is 0.842. The Balaban J connectivity index is 1.60. The van der Waals surface area contributed by atoms with Gasteiger partial charge < -0.3 is 15.0 Å². The molecule has 30 heavy (non-hydrogen) atoms. The van der Waals surface area contributed by atoms with Crippen molar-refractivity contribution in [3.63, 3.8) is 0 Å². The van der Waals surface area contributed by atoms with Crippen LogP contribution < -0.4 is 15.6 Å². The van der Waals surface area contributed by atoms with Crippen molar-refractivity contribution in [1.82, 2.24) is 4.98 Å². The maximum atomic E-state index is 12.8. The summed E-state index contributed by atoms with van der Waals surface area (Å²) in [7, 11) is 1.60. The molecule has 0 unspecified atom stereocenters. The fraction of sp³-hybridized carbons (Fsp3) is 0.174. The highest BCUT2D eigenvalue weighted by Gasteiger charge is 2.29. The van der Waals surface area contributed by atoms with E-state index in [1.807, 2.05) is 30.3 Å². The number of aromatic nitrogens is 1. The monoisotopic (exact) mass is 466 g/mol. The van der Waals surface area contributed by atoms with Crippen molar-refractivity contribution in [2.45, 2.75) is 18.8 Å². The number of ketones is 1. The third-order valence-electron chi connectivity index (χ3n) is 5.22. The van der Waals surface area contributed by atoms with Gasteiger partial charge in [0.2, 0.25) is 0 Å². The van der Waals surface area contributed by atoms with E-state index in [0.29, 0.717) is 29.8 Å². The lowest BCUT2D eigenvalue weighted by Gasteiger charge is -2.24. The fourth-order valence-corrected chi connectivity index (χ4v) is 4.08. The number of amides is 1. The zero-order chi connectivity index (χ0) is 21.3. The van der Waals surface area contributed by atoms with Crippen LogP contribution in [-0.2, 0) is 6.42 Å². The van der Waals surface area contributed by atoms with Gasteiger partial charge in [-0.25, -0.2) is 0 Å². The van der Waals surface area contributed by atoms with Gasteiger partial charge in [0, 0.05) is 27.8 Å². The molecule has 0 saturated carbocycles. The SMILES string of the molecule is COc1ccc([C@@H]2CC(=O)c3cc(C(=O)Nc4cccc(Br)c4)c(=O)[nH]c3C2)cc1. The number of Topliss-reactive ketones (excluding diaryl/α,β-unsaturated/α-hetero) is 1. The lowest BCUT2D eigenvalue weighted by molar-refractivity contribution is 0.0963. The number of hydrogen-bond donors (Lipinski definition) is 2. The minimum atomic E-state index is -0.553. The highest BCUT2D eigenvalue weighted by atomic mass is 79.9. The van der Waals surface area contributed by atoms with Gasteiger partial charge in [-0.2, -0.15) is 0 Å². The van der Waals surface area contributed by atoms with Gasteiger partial charge in [0.05, 0.1) is 7.11 Å². The Morgan fingerprint density at radius 1 is 1.10 bits per heavy atom. The van der Waals surface area contributed by atoms with Crippen LogP contribution in [0.1, 0.15) is 44.3 Å². The second kappa shape index (κ2) is 8.28. The Morgan fingerprint density at radius 2 is 1.87 bits per heavy atom. The van der Waals surface area contributed by atoms with Crippen LogP contribution in [0.5, 0.6) is 5.75 Å². The molecule has 0 bridgehead atoms. The minimum absolute atomic E-state index is 0.0344. The highest BCUT2D eigenvalue weighted by Crippen LogP contribution is 2.32. The molecular weight excluding hydrogens is 448 g/mol. The molecular formula is C23H19BrN2O4. The fourth-order valence-electron chi connectivity index (χ4n) is 3.68. The molecule has 2 aromatic carbocycles. The predicted molar refractivity (Wildman–Crippen MR) is 118 cm³/mol. The Labute approximate surface area is 181 Å². The first-order chi connectivity index (χ1) is 14.4. The van der Waals surface area contributed by atoms with E-state index in [9.17, 15) is 14.4 Å². The topological polar surface area (TPSA) is 88.3 Å². The Hall–Kier alpha value is -3.19. The number of H-pyrrole nitrogens is 1. The van der Waals surface area contributed by atoms with Crippen molar-refractivity contribution < 1.29 is 14.3 Å². The molecule has 6 nitrogen and oxygen atoms in total. The molecule has 152 valence electrons. The predicted octanol–water partition coefficient (Wildman–Crippen LogP) is 4.31. The number of methoxy groups -OCH3 is 1. The van der Waals surface area contributed by atoms with Gasteiger partial charge in [-0.15, -0.1) is 0 Å². The maximum absolute atomic E-state index is 12.8. The molecule has 1 amide bonds. The average Bonchev–Trinajstić information content (AvgIpc) is 2.73. The molecule has 1 atom stereocenters. The number of carbonyl (C=O) groups excluding carboxylic acids is 2. The Bertz CT molecular complexity index is 1180. The van der Waals surface area contributed by atoms with Crippen LogP contribution in [0, 0.1) is 0 Å². The highest BCUT2D eigenvalue weighted by molar-refractivity contribution is 9.10. The van der Waals surface area contributed by atoms with Crippen LogP contribution in [0.4, 0.5) is 5.69 Å². The summed E-state index contributed by atoms with van der Waals surface area (Å²) in [5, 5.41) is 2.69. The van der Waals surface area contributed by atoms with Crippen LogP contribution in [0.3, 0.4) is 0 Å². The molecule has 0 spiro atoms. The maximum Gasteiger partial charge on any atom is 0.261 e. The molecule has 0 saturated heterocycles. The molecule has 1 aromatic heterocycles. The van der Waals surface area contributed by atoms with E-state index in [0.717, 1.165) is 15.8 Å². The van der Waals surface area contributed by atoms with Crippen LogP contribution in [-0.4, -0.2) is 23.8 Å². The normalized spacial score (nSPS) is 15.4. The summed E-state index contributed by atoms with van der Waals surface area (Å²) >= 11 is 3.34. The smallest absolute Gasteiger partial charge is 0.261 e. The number of fused-ring (bicyclic) bond motifs is 1. The van der Waals surface area contributed by atoms with Gasteiger partial charge in [0.15, 0.2) is 5.78 Å². The van der Waals surface area contributed by atoms with Gasteiger partial charge in [-0.1, -0.05) is 34.1 Å². The molecule has 2 N–H and O–H groups in total. The van der Waals surface area contributed by atoms with Crippen LogP contribution in [0.15, 0.2) is 63.9 Å². The van der Waals surface area contributed by atoms with E-state index < -0.39 is 11.5 Å². The van der Waals surface area contributed by atoms with E-state index in [1.165, 1.54) is 6.07 Å². The third kappa shape index (κ3) is 4.07. The number of carbonyl (C=O) groups is 2. The zero-order valence-electron chi connectivity index (χ0n) is 16.2. The first-order valence-electron chi connectivity index (χ1n) is 9.45. The summed E-state index contributed by atoms with van der Waals surface area (Å²) in [6, 6.07) is 16.0. The Kier molecular flexibility index (Phi) is 5.55. The van der Waals surface area contributed by atoms with Crippen molar-refractivity contribution >= 4 is 33.3 Å². The number of aromatic amines is 1. The summed E-state index contributed by atoms with van der Waals surface area (Å²) < 4.78 is 5.98. The number of rotatable bonds is 4. The number of benzene rings is 2. The minimum Gasteiger partial charge on any atom is -0.497 e. The lowest BCUT2D eigenvalue weighted by Crippen LogP contribution is -2.29. The number of hydrogen-bond acceptors (Lipinski definition) is 4. The van der Waals surface area contributed by atoms with Crippen molar-refractivity contribution in [3.8, 4) is 5.75 Å². The van der Waals surface area contributed by atoms with E-state index in [1.54, 1.807) is 25.3 Å². The Morgan fingerprint density at radius 3 is 2.57 bits per heavy atom. The average molecular weight is 467 g/mol. The zero-order valence-corrected chi connectivity index (χ0v) is 17.8. The van der Waals surface area contributed by atoms with Crippen LogP contribution in [0.25, 0.3) is 0 Å². The first kappa shape index (κ1) is 20.1. The molecule has 4 rings (SSSR count). The number of pyridine rings is 1. The van der Waals surface area contributed by atoms with Gasteiger partial charge in [0.25, 0.3) is 11.5 Å². The van der Waals surface area contributed by atoms with Gasteiger partial charge in [0.1, 0.15) is 11.3 Å². The summed E-state index contributed by atoms with van der Waals surface area (Å²) in [5.74, 6) is 0.0655. The van der Waals surface area contributed by atoms with Gasteiger partial charge in [-0.3, -0.25) is 14.4 Å².